The van der Waals surface area contributed by atoms with Gasteiger partial charge in [-0.3, -0.25) is 4.79 Å². The molecule has 0 unspecified atom stereocenters. The summed E-state index contributed by atoms with van der Waals surface area (Å²) in [5, 5.41) is 2.98. The second-order valence-electron chi connectivity index (χ2n) is 4.42. The molecular weight excluding hydrogens is 280 g/mol. The average Bonchev–Trinajstić information content (AvgIpc) is 2.45. The molecule has 1 amide bonds. The number of carbonyl (C=O) groups excluding carboxylic acids is 2. The molecular formula is C14H19ClN2O3. The first-order chi connectivity index (χ1) is 9.49. The molecule has 0 aliphatic carbocycles. The third-order valence-electron chi connectivity index (χ3n) is 2.85. The molecule has 1 rings (SSSR count). The van der Waals surface area contributed by atoms with Gasteiger partial charge >= 0.3 is 5.97 Å². The summed E-state index contributed by atoms with van der Waals surface area (Å²) in [6.45, 7) is 2.03. The van der Waals surface area contributed by atoms with Gasteiger partial charge in [-0.15, -0.1) is 0 Å². The van der Waals surface area contributed by atoms with Gasteiger partial charge in [-0.05, 0) is 24.6 Å². The smallest absolute Gasteiger partial charge is 0.337 e. The summed E-state index contributed by atoms with van der Waals surface area (Å²) in [4.78, 5) is 23.3. The van der Waals surface area contributed by atoms with Crippen LogP contribution >= 0.6 is 11.6 Å². The maximum absolute atomic E-state index is 11.9. The number of rotatable bonds is 6. The predicted molar refractivity (Wildman–Crippen MR) is 78.9 cm³/mol. The third-order valence-corrected chi connectivity index (χ3v) is 3.18. The van der Waals surface area contributed by atoms with E-state index in [-0.39, 0.29) is 5.91 Å². The quantitative estimate of drug-likeness (QED) is 0.791. The van der Waals surface area contributed by atoms with Gasteiger partial charge in [-0.2, -0.15) is 0 Å². The van der Waals surface area contributed by atoms with Crippen LogP contribution < -0.4 is 11.1 Å². The standard InChI is InChI=1S/C14H19ClN2O3/c1-3-4-5-11(16)13(18)17-12-8-9(14(19)20-2)6-7-10(12)15/h6-8,11H,3-5,16H2,1-2H3,(H,17,18)/t11-/m0/s1. The number of ether oxygens (including phenoxy) is 1. The van der Waals surface area contributed by atoms with Crippen LogP contribution in [-0.2, 0) is 9.53 Å². The Morgan fingerprint density at radius 2 is 2.15 bits per heavy atom. The van der Waals surface area contributed by atoms with Crippen LogP contribution in [-0.4, -0.2) is 25.0 Å². The van der Waals surface area contributed by atoms with E-state index < -0.39 is 12.0 Å². The van der Waals surface area contributed by atoms with E-state index in [0.29, 0.717) is 22.7 Å². The third kappa shape index (κ3) is 4.51. The normalized spacial score (nSPS) is 11.8. The molecule has 0 spiro atoms. The summed E-state index contributed by atoms with van der Waals surface area (Å²) in [6.07, 6.45) is 2.46. The van der Waals surface area contributed by atoms with Gasteiger partial charge in [0.2, 0.25) is 5.91 Å². The number of esters is 1. The molecule has 0 bridgehead atoms. The fourth-order valence-corrected chi connectivity index (χ4v) is 1.81. The lowest BCUT2D eigenvalue weighted by molar-refractivity contribution is -0.117. The van der Waals surface area contributed by atoms with Gasteiger partial charge < -0.3 is 15.8 Å². The topological polar surface area (TPSA) is 81.4 Å². The van der Waals surface area contributed by atoms with Crippen molar-refractivity contribution in [3.8, 4) is 0 Å². The Balaban J connectivity index is 2.80. The highest BCUT2D eigenvalue weighted by Gasteiger charge is 2.16. The Hall–Kier alpha value is -1.59. The molecule has 1 atom stereocenters. The number of carbonyl (C=O) groups is 2. The van der Waals surface area contributed by atoms with Crippen LogP contribution in [0.5, 0.6) is 0 Å². The Kier molecular flexibility index (Phi) is 6.48. The summed E-state index contributed by atoms with van der Waals surface area (Å²) in [5.74, 6) is -0.810. The summed E-state index contributed by atoms with van der Waals surface area (Å²) < 4.78 is 4.62. The number of unbranched alkanes of at least 4 members (excludes halogenated alkanes) is 1. The van der Waals surface area contributed by atoms with Crippen molar-refractivity contribution in [1.29, 1.82) is 0 Å². The zero-order valence-corrected chi connectivity index (χ0v) is 12.4. The van der Waals surface area contributed by atoms with Gasteiger partial charge in [-0.25, -0.2) is 4.79 Å². The number of nitrogens with two attached hydrogens (primary N) is 1. The monoisotopic (exact) mass is 298 g/mol. The number of hydrogen-bond donors (Lipinski definition) is 2. The molecule has 110 valence electrons. The number of hydrogen-bond acceptors (Lipinski definition) is 4. The summed E-state index contributed by atoms with van der Waals surface area (Å²) in [5.41, 5.74) is 6.45. The molecule has 0 aliphatic heterocycles. The largest absolute Gasteiger partial charge is 0.465 e. The molecule has 1 aromatic rings. The molecule has 0 aliphatic rings. The molecule has 3 N–H and O–H groups in total. The lowest BCUT2D eigenvalue weighted by atomic mass is 10.1. The van der Waals surface area contributed by atoms with Crippen molar-refractivity contribution in [2.75, 3.05) is 12.4 Å². The number of nitrogens with one attached hydrogen (secondary N) is 1. The van der Waals surface area contributed by atoms with Crippen LogP contribution in [0.1, 0.15) is 36.5 Å². The lowest BCUT2D eigenvalue weighted by Crippen LogP contribution is -2.35. The van der Waals surface area contributed by atoms with Crippen molar-refractivity contribution in [3.05, 3.63) is 28.8 Å². The molecule has 0 fully saturated rings. The van der Waals surface area contributed by atoms with Crippen LogP contribution in [0.2, 0.25) is 5.02 Å². The molecule has 0 saturated heterocycles. The van der Waals surface area contributed by atoms with E-state index >= 15 is 0 Å². The number of benzene rings is 1. The summed E-state index contributed by atoms with van der Waals surface area (Å²) >= 11 is 5.99. The van der Waals surface area contributed by atoms with Gasteiger partial charge in [-0.1, -0.05) is 31.4 Å². The molecule has 0 aromatic heterocycles. The Bertz CT molecular complexity index is 491. The summed E-state index contributed by atoms with van der Waals surface area (Å²) in [7, 11) is 1.29. The van der Waals surface area contributed by atoms with Crippen LogP contribution in [0.3, 0.4) is 0 Å². The predicted octanol–water partition coefficient (Wildman–Crippen LogP) is 2.58. The molecule has 0 heterocycles. The van der Waals surface area contributed by atoms with Crippen LogP contribution in [0.4, 0.5) is 5.69 Å². The van der Waals surface area contributed by atoms with Gasteiger partial charge in [0.1, 0.15) is 0 Å². The second kappa shape index (κ2) is 7.87. The molecule has 5 nitrogen and oxygen atoms in total. The number of anilines is 1. The Labute approximate surface area is 123 Å². The average molecular weight is 299 g/mol. The highest BCUT2D eigenvalue weighted by Crippen LogP contribution is 2.23. The maximum atomic E-state index is 11.9. The van der Waals surface area contributed by atoms with E-state index in [1.807, 2.05) is 6.92 Å². The fraction of sp³-hybridized carbons (Fsp3) is 0.429. The minimum Gasteiger partial charge on any atom is -0.465 e. The molecule has 0 radical (unpaired) electrons. The minimum atomic E-state index is -0.590. The first kappa shape index (κ1) is 16.5. The van der Waals surface area contributed by atoms with Crippen molar-refractivity contribution >= 4 is 29.2 Å². The highest BCUT2D eigenvalue weighted by atomic mass is 35.5. The minimum absolute atomic E-state index is 0.314. The van der Waals surface area contributed by atoms with Crippen LogP contribution in [0.15, 0.2) is 18.2 Å². The maximum Gasteiger partial charge on any atom is 0.337 e. The second-order valence-corrected chi connectivity index (χ2v) is 4.83. The number of methoxy groups -OCH3 is 1. The lowest BCUT2D eigenvalue weighted by Gasteiger charge is -2.13. The number of halogens is 1. The SMILES string of the molecule is CCCC[C@H](N)C(=O)Nc1cc(C(=O)OC)ccc1Cl. The fourth-order valence-electron chi connectivity index (χ4n) is 1.65. The van der Waals surface area contributed by atoms with Crippen molar-refractivity contribution < 1.29 is 14.3 Å². The van der Waals surface area contributed by atoms with E-state index in [0.717, 1.165) is 12.8 Å². The molecule has 6 heteroatoms. The zero-order chi connectivity index (χ0) is 15.1. The van der Waals surface area contributed by atoms with Gasteiger partial charge in [0, 0.05) is 0 Å². The van der Waals surface area contributed by atoms with Crippen LogP contribution in [0, 0.1) is 0 Å². The molecule has 20 heavy (non-hydrogen) atoms. The van der Waals surface area contributed by atoms with Gasteiger partial charge in [0.05, 0.1) is 29.4 Å². The molecule has 1 aromatic carbocycles. The van der Waals surface area contributed by atoms with E-state index in [1.54, 1.807) is 0 Å². The first-order valence-corrected chi connectivity index (χ1v) is 6.81. The number of amides is 1. The summed E-state index contributed by atoms with van der Waals surface area (Å²) in [6, 6.07) is 3.94. The zero-order valence-electron chi connectivity index (χ0n) is 11.6. The van der Waals surface area contributed by atoms with Crippen LogP contribution in [0.25, 0.3) is 0 Å². The van der Waals surface area contributed by atoms with E-state index in [1.165, 1.54) is 25.3 Å². The van der Waals surface area contributed by atoms with Gasteiger partial charge in [0.25, 0.3) is 0 Å². The van der Waals surface area contributed by atoms with Gasteiger partial charge in [0.15, 0.2) is 0 Å². The van der Waals surface area contributed by atoms with E-state index in [2.05, 4.69) is 10.1 Å². The Morgan fingerprint density at radius 1 is 1.45 bits per heavy atom. The highest BCUT2D eigenvalue weighted by molar-refractivity contribution is 6.33. The van der Waals surface area contributed by atoms with E-state index in [9.17, 15) is 9.59 Å². The van der Waals surface area contributed by atoms with Crippen molar-refractivity contribution in [1.82, 2.24) is 0 Å². The van der Waals surface area contributed by atoms with Crippen molar-refractivity contribution in [2.45, 2.75) is 32.2 Å². The van der Waals surface area contributed by atoms with E-state index in [4.69, 9.17) is 17.3 Å². The Morgan fingerprint density at radius 3 is 2.75 bits per heavy atom. The van der Waals surface area contributed by atoms with Crippen molar-refractivity contribution in [3.63, 3.8) is 0 Å². The first-order valence-electron chi connectivity index (χ1n) is 6.44. The van der Waals surface area contributed by atoms with Crippen molar-refractivity contribution in [2.24, 2.45) is 5.73 Å². The molecule has 0 saturated carbocycles.